The number of anilines is 1. The Balaban J connectivity index is 2.29. The SMILES string of the molecule is CCS(=O)CCNc1c(C#N)nnc2ccccc12. The van der Waals surface area contributed by atoms with Crippen molar-refractivity contribution in [3.05, 3.63) is 30.0 Å². The molecule has 0 aliphatic carbocycles. The maximum absolute atomic E-state index is 11.4. The second-order valence-electron chi connectivity index (χ2n) is 3.91. The third kappa shape index (κ3) is 3.06. The number of nitrogens with one attached hydrogen (secondary N) is 1. The van der Waals surface area contributed by atoms with Crippen molar-refractivity contribution in [2.75, 3.05) is 23.4 Å². The quantitative estimate of drug-likeness (QED) is 0.897. The molecule has 1 unspecified atom stereocenters. The summed E-state index contributed by atoms with van der Waals surface area (Å²) in [5.41, 5.74) is 1.67. The first-order valence-corrected chi connectivity index (χ1v) is 7.49. The van der Waals surface area contributed by atoms with Crippen LogP contribution in [0.5, 0.6) is 0 Å². The van der Waals surface area contributed by atoms with Gasteiger partial charge in [-0.2, -0.15) is 5.26 Å². The highest BCUT2D eigenvalue weighted by Crippen LogP contribution is 2.23. The third-order valence-corrected chi connectivity index (χ3v) is 4.03. The topological polar surface area (TPSA) is 78.7 Å². The number of nitriles is 1. The fourth-order valence-electron chi connectivity index (χ4n) is 1.75. The van der Waals surface area contributed by atoms with Gasteiger partial charge in [-0.1, -0.05) is 25.1 Å². The molecule has 6 heteroatoms. The summed E-state index contributed by atoms with van der Waals surface area (Å²) < 4.78 is 11.4. The molecule has 0 bridgehead atoms. The third-order valence-electron chi connectivity index (χ3n) is 2.73. The maximum Gasteiger partial charge on any atom is 0.186 e. The first-order valence-electron chi connectivity index (χ1n) is 6.00. The molecule has 0 radical (unpaired) electrons. The second-order valence-corrected chi connectivity index (χ2v) is 5.78. The van der Waals surface area contributed by atoms with Crippen molar-refractivity contribution >= 4 is 27.4 Å². The Labute approximate surface area is 114 Å². The lowest BCUT2D eigenvalue weighted by Crippen LogP contribution is -2.13. The van der Waals surface area contributed by atoms with Crippen LogP contribution in [-0.4, -0.2) is 32.5 Å². The van der Waals surface area contributed by atoms with Gasteiger partial charge in [-0.15, -0.1) is 10.2 Å². The highest BCUT2D eigenvalue weighted by atomic mass is 32.2. The van der Waals surface area contributed by atoms with Gasteiger partial charge < -0.3 is 5.32 Å². The number of fused-ring (bicyclic) bond motifs is 1. The molecule has 2 rings (SSSR count). The number of hydrogen-bond donors (Lipinski definition) is 1. The Kier molecular flexibility index (Phi) is 4.42. The van der Waals surface area contributed by atoms with Gasteiger partial charge in [0.1, 0.15) is 6.07 Å². The van der Waals surface area contributed by atoms with Crippen molar-refractivity contribution in [3.8, 4) is 6.07 Å². The molecule has 0 saturated heterocycles. The van der Waals surface area contributed by atoms with Gasteiger partial charge in [0.05, 0.1) is 11.2 Å². The van der Waals surface area contributed by atoms with Crippen LogP contribution in [0, 0.1) is 11.3 Å². The molecular formula is C13H14N4OS. The van der Waals surface area contributed by atoms with Crippen LogP contribution in [0.2, 0.25) is 0 Å². The van der Waals surface area contributed by atoms with Gasteiger partial charge in [0.15, 0.2) is 5.69 Å². The minimum atomic E-state index is -0.824. The minimum absolute atomic E-state index is 0.265. The van der Waals surface area contributed by atoms with Crippen LogP contribution >= 0.6 is 0 Å². The normalized spacial score (nSPS) is 12.0. The highest BCUT2D eigenvalue weighted by Gasteiger charge is 2.09. The van der Waals surface area contributed by atoms with Crippen LogP contribution in [0.15, 0.2) is 24.3 Å². The van der Waals surface area contributed by atoms with Gasteiger partial charge in [0, 0.05) is 34.2 Å². The summed E-state index contributed by atoms with van der Waals surface area (Å²) in [5.74, 6) is 1.19. The summed E-state index contributed by atoms with van der Waals surface area (Å²) in [6.07, 6.45) is 0. The van der Waals surface area contributed by atoms with Crippen molar-refractivity contribution in [3.63, 3.8) is 0 Å². The standard InChI is InChI=1S/C13H14N4OS/c1-2-19(18)8-7-15-13-10-5-3-4-6-11(10)16-17-12(13)9-14/h3-6H,2,7-8H2,1H3,(H,15,16). The first-order chi connectivity index (χ1) is 9.26. The van der Waals surface area contributed by atoms with E-state index in [1.54, 1.807) is 0 Å². The monoisotopic (exact) mass is 274 g/mol. The molecule has 5 nitrogen and oxygen atoms in total. The van der Waals surface area contributed by atoms with Gasteiger partial charge in [-0.05, 0) is 6.07 Å². The fraction of sp³-hybridized carbons (Fsp3) is 0.308. The number of benzene rings is 1. The summed E-state index contributed by atoms with van der Waals surface area (Å²) >= 11 is 0. The second kappa shape index (κ2) is 6.25. The van der Waals surface area contributed by atoms with Crippen LogP contribution in [-0.2, 0) is 10.8 Å². The van der Waals surface area contributed by atoms with Crippen molar-refractivity contribution in [2.24, 2.45) is 0 Å². The van der Waals surface area contributed by atoms with Crippen LogP contribution in [0.4, 0.5) is 5.69 Å². The van der Waals surface area contributed by atoms with E-state index >= 15 is 0 Å². The Morgan fingerprint density at radius 2 is 2.16 bits per heavy atom. The Morgan fingerprint density at radius 1 is 1.37 bits per heavy atom. The van der Waals surface area contributed by atoms with E-state index in [0.717, 1.165) is 10.9 Å². The maximum atomic E-state index is 11.4. The van der Waals surface area contributed by atoms with E-state index in [4.69, 9.17) is 5.26 Å². The summed E-state index contributed by atoms with van der Waals surface area (Å²) in [4.78, 5) is 0. The Bertz CT molecular complexity index is 651. The number of hydrogen-bond acceptors (Lipinski definition) is 5. The van der Waals surface area contributed by atoms with E-state index in [-0.39, 0.29) is 5.69 Å². The van der Waals surface area contributed by atoms with Crippen LogP contribution < -0.4 is 5.32 Å². The van der Waals surface area contributed by atoms with Crippen molar-refractivity contribution in [1.29, 1.82) is 5.26 Å². The van der Waals surface area contributed by atoms with Crippen molar-refractivity contribution in [2.45, 2.75) is 6.92 Å². The molecule has 0 aliphatic rings. The molecule has 1 aromatic heterocycles. The van der Waals surface area contributed by atoms with Gasteiger partial charge in [0.2, 0.25) is 0 Å². The molecule has 98 valence electrons. The Hall–Kier alpha value is -2.00. The molecular weight excluding hydrogens is 260 g/mol. The molecule has 1 aromatic carbocycles. The molecule has 0 saturated carbocycles. The highest BCUT2D eigenvalue weighted by molar-refractivity contribution is 7.84. The smallest absolute Gasteiger partial charge is 0.186 e. The molecule has 0 aliphatic heterocycles. The first kappa shape index (κ1) is 13.4. The lowest BCUT2D eigenvalue weighted by molar-refractivity contribution is 0.684. The van der Waals surface area contributed by atoms with Crippen LogP contribution in [0.3, 0.4) is 0 Å². The molecule has 0 spiro atoms. The van der Waals surface area contributed by atoms with E-state index in [9.17, 15) is 4.21 Å². The molecule has 1 atom stereocenters. The zero-order valence-corrected chi connectivity index (χ0v) is 11.4. The van der Waals surface area contributed by atoms with E-state index in [0.29, 0.717) is 23.7 Å². The Morgan fingerprint density at radius 3 is 2.89 bits per heavy atom. The van der Waals surface area contributed by atoms with Gasteiger partial charge in [0.25, 0.3) is 0 Å². The summed E-state index contributed by atoms with van der Waals surface area (Å²) in [7, 11) is -0.824. The lowest BCUT2D eigenvalue weighted by Gasteiger charge is -2.09. The van der Waals surface area contributed by atoms with Crippen LogP contribution in [0.1, 0.15) is 12.6 Å². The lowest BCUT2D eigenvalue weighted by atomic mass is 10.1. The van der Waals surface area contributed by atoms with E-state index in [2.05, 4.69) is 15.5 Å². The zero-order valence-electron chi connectivity index (χ0n) is 10.6. The average Bonchev–Trinajstić information content (AvgIpc) is 2.47. The number of nitrogens with zero attached hydrogens (tertiary/aromatic N) is 3. The summed E-state index contributed by atoms with van der Waals surface area (Å²) in [5, 5.41) is 21.0. The average molecular weight is 274 g/mol. The molecule has 19 heavy (non-hydrogen) atoms. The van der Waals surface area contributed by atoms with Gasteiger partial charge >= 0.3 is 0 Å². The predicted molar refractivity (Wildman–Crippen MR) is 76.3 cm³/mol. The van der Waals surface area contributed by atoms with E-state index < -0.39 is 10.8 Å². The number of aromatic nitrogens is 2. The van der Waals surface area contributed by atoms with Crippen LogP contribution in [0.25, 0.3) is 10.9 Å². The summed E-state index contributed by atoms with van der Waals surface area (Å²) in [6, 6.07) is 9.53. The minimum Gasteiger partial charge on any atom is -0.381 e. The molecule has 2 aromatic rings. The molecule has 1 N–H and O–H groups in total. The predicted octanol–water partition coefficient (Wildman–Crippen LogP) is 1.68. The van der Waals surface area contributed by atoms with E-state index in [1.165, 1.54) is 0 Å². The fourth-order valence-corrected chi connectivity index (χ4v) is 2.36. The zero-order chi connectivity index (χ0) is 13.7. The summed E-state index contributed by atoms with van der Waals surface area (Å²) in [6.45, 7) is 2.44. The van der Waals surface area contributed by atoms with Crippen molar-refractivity contribution < 1.29 is 4.21 Å². The molecule has 1 heterocycles. The van der Waals surface area contributed by atoms with Crippen molar-refractivity contribution in [1.82, 2.24) is 10.2 Å². The van der Waals surface area contributed by atoms with Gasteiger partial charge in [-0.25, -0.2) is 0 Å². The number of rotatable bonds is 5. The van der Waals surface area contributed by atoms with Gasteiger partial charge in [-0.3, -0.25) is 4.21 Å². The molecule has 0 fully saturated rings. The van der Waals surface area contributed by atoms with E-state index in [1.807, 2.05) is 37.3 Å². The molecule has 0 amide bonds. The largest absolute Gasteiger partial charge is 0.381 e.